The molecule has 144 valence electrons. The molecule has 0 saturated heterocycles. The topological polar surface area (TPSA) is 98.2 Å². The number of carbonyl (C=O) groups excluding carboxylic acids is 1. The van der Waals surface area contributed by atoms with E-state index in [-0.39, 0.29) is 5.52 Å². The summed E-state index contributed by atoms with van der Waals surface area (Å²) in [5.74, 6) is -1.47. The number of rotatable bonds is 4. The first-order chi connectivity index (χ1) is 14.0. The van der Waals surface area contributed by atoms with Gasteiger partial charge in [-0.3, -0.25) is 14.6 Å². The summed E-state index contributed by atoms with van der Waals surface area (Å²) < 4.78 is 1.28. The Balaban J connectivity index is 1.80. The fraction of sp³-hybridized carbons (Fsp3) is 0.0870. The van der Waals surface area contributed by atoms with Crippen LogP contribution in [-0.2, 0) is 13.5 Å². The largest absolute Gasteiger partial charge is 0.505 e. The average molecular weight is 385 g/mol. The van der Waals surface area contributed by atoms with Gasteiger partial charge in [0.05, 0.1) is 5.52 Å². The minimum absolute atomic E-state index is 0.157. The zero-order valence-corrected chi connectivity index (χ0v) is 15.8. The number of benzene rings is 2. The summed E-state index contributed by atoms with van der Waals surface area (Å²) in [6.07, 6.45) is 2.41. The van der Waals surface area contributed by atoms with Crippen LogP contribution in [0.2, 0.25) is 0 Å². The third-order valence-electron chi connectivity index (χ3n) is 4.97. The highest BCUT2D eigenvalue weighted by Gasteiger charge is 2.20. The predicted molar refractivity (Wildman–Crippen MR) is 112 cm³/mol. The van der Waals surface area contributed by atoms with Crippen LogP contribution in [0, 0.1) is 0 Å². The molecular weight excluding hydrogens is 366 g/mol. The second-order valence-electron chi connectivity index (χ2n) is 6.91. The summed E-state index contributed by atoms with van der Waals surface area (Å²) >= 11 is 0. The SMILES string of the molecule is Cn1c(=O)c(C(N)=O)c(O)c2ncc(-c3cccc(Cc4ccccc4)c3)cc21. The van der Waals surface area contributed by atoms with Crippen molar-refractivity contribution >= 4 is 16.9 Å². The lowest BCUT2D eigenvalue weighted by Crippen LogP contribution is -2.28. The summed E-state index contributed by atoms with van der Waals surface area (Å²) in [6.45, 7) is 0. The molecule has 4 rings (SSSR count). The lowest BCUT2D eigenvalue weighted by Gasteiger charge is -2.11. The maximum absolute atomic E-state index is 12.4. The fourth-order valence-electron chi connectivity index (χ4n) is 3.46. The van der Waals surface area contributed by atoms with E-state index in [2.05, 4.69) is 29.2 Å². The van der Waals surface area contributed by atoms with E-state index in [1.807, 2.05) is 30.3 Å². The van der Waals surface area contributed by atoms with E-state index in [0.29, 0.717) is 5.52 Å². The van der Waals surface area contributed by atoms with Crippen molar-refractivity contribution in [3.8, 4) is 16.9 Å². The Hall–Kier alpha value is -3.93. The van der Waals surface area contributed by atoms with Crippen LogP contribution in [-0.4, -0.2) is 20.6 Å². The summed E-state index contributed by atoms with van der Waals surface area (Å²) in [6, 6.07) is 20.0. The summed E-state index contributed by atoms with van der Waals surface area (Å²) in [7, 11) is 1.52. The van der Waals surface area contributed by atoms with Gasteiger partial charge in [-0.25, -0.2) is 0 Å². The van der Waals surface area contributed by atoms with E-state index in [1.54, 1.807) is 12.3 Å². The fourth-order valence-corrected chi connectivity index (χ4v) is 3.46. The molecular formula is C23H19N3O3. The number of nitrogens with two attached hydrogens (primary N) is 1. The van der Waals surface area contributed by atoms with Crippen molar-refractivity contribution in [3.63, 3.8) is 0 Å². The zero-order chi connectivity index (χ0) is 20.5. The van der Waals surface area contributed by atoms with Gasteiger partial charge in [0.15, 0.2) is 5.75 Å². The van der Waals surface area contributed by atoms with E-state index >= 15 is 0 Å². The van der Waals surface area contributed by atoms with Gasteiger partial charge in [0.2, 0.25) is 0 Å². The number of aromatic nitrogens is 2. The monoisotopic (exact) mass is 385 g/mol. The molecule has 0 spiro atoms. The summed E-state index contributed by atoms with van der Waals surface area (Å²) in [4.78, 5) is 28.3. The van der Waals surface area contributed by atoms with Crippen LogP contribution in [0.4, 0.5) is 0 Å². The maximum Gasteiger partial charge on any atom is 0.267 e. The smallest absolute Gasteiger partial charge is 0.267 e. The molecule has 0 radical (unpaired) electrons. The Kier molecular flexibility index (Phi) is 4.60. The number of primary amides is 1. The number of carbonyl (C=O) groups is 1. The van der Waals surface area contributed by atoms with Gasteiger partial charge >= 0.3 is 0 Å². The second kappa shape index (κ2) is 7.24. The molecule has 2 aromatic carbocycles. The van der Waals surface area contributed by atoms with Crippen molar-refractivity contribution in [2.45, 2.75) is 6.42 Å². The first kappa shape index (κ1) is 18.4. The molecule has 0 bridgehead atoms. The van der Waals surface area contributed by atoms with Crippen molar-refractivity contribution in [1.82, 2.24) is 9.55 Å². The Morgan fingerprint density at radius 2 is 1.76 bits per heavy atom. The number of hydrogen-bond acceptors (Lipinski definition) is 4. The van der Waals surface area contributed by atoms with Gasteiger partial charge in [-0.2, -0.15) is 0 Å². The molecule has 29 heavy (non-hydrogen) atoms. The Morgan fingerprint density at radius 1 is 1.03 bits per heavy atom. The number of pyridine rings is 2. The molecule has 4 aromatic rings. The maximum atomic E-state index is 12.4. The molecule has 1 amide bonds. The van der Waals surface area contributed by atoms with E-state index in [1.165, 1.54) is 17.2 Å². The third-order valence-corrected chi connectivity index (χ3v) is 4.97. The highest BCUT2D eigenvalue weighted by Crippen LogP contribution is 2.28. The van der Waals surface area contributed by atoms with Gasteiger partial charge in [-0.1, -0.05) is 54.6 Å². The average Bonchev–Trinajstić information content (AvgIpc) is 2.72. The first-order valence-corrected chi connectivity index (χ1v) is 9.10. The minimum Gasteiger partial charge on any atom is -0.505 e. The van der Waals surface area contributed by atoms with Crippen LogP contribution in [0.25, 0.3) is 22.2 Å². The van der Waals surface area contributed by atoms with Crippen molar-refractivity contribution in [3.05, 3.63) is 93.9 Å². The molecule has 6 nitrogen and oxygen atoms in total. The number of hydrogen-bond donors (Lipinski definition) is 2. The van der Waals surface area contributed by atoms with Gasteiger partial charge in [0.25, 0.3) is 11.5 Å². The van der Waals surface area contributed by atoms with E-state index < -0.39 is 22.8 Å². The molecule has 0 aliphatic heterocycles. The Labute approximate surface area is 166 Å². The number of aromatic hydroxyl groups is 1. The van der Waals surface area contributed by atoms with Crippen LogP contribution < -0.4 is 11.3 Å². The summed E-state index contributed by atoms with van der Waals surface area (Å²) in [5.41, 5.74) is 8.81. The molecule has 0 saturated carbocycles. The molecule has 3 N–H and O–H groups in total. The van der Waals surface area contributed by atoms with Crippen molar-refractivity contribution in [2.75, 3.05) is 0 Å². The zero-order valence-electron chi connectivity index (χ0n) is 15.8. The van der Waals surface area contributed by atoms with Gasteiger partial charge < -0.3 is 15.4 Å². The van der Waals surface area contributed by atoms with Gasteiger partial charge in [0.1, 0.15) is 11.1 Å². The van der Waals surface area contributed by atoms with Crippen LogP contribution in [0.5, 0.6) is 5.75 Å². The third kappa shape index (κ3) is 3.36. The van der Waals surface area contributed by atoms with E-state index in [0.717, 1.165) is 23.1 Å². The van der Waals surface area contributed by atoms with Crippen LogP contribution in [0.3, 0.4) is 0 Å². The standard InChI is InChI=1S/C23H19N3O3/c1-26-18-12-17(13-25-20(18)21(27)19(22(24)28)23(26)29)16-9-5-8-15(11-16)10-14-6-3-2-4-7-14/h2-9,11-13,27H,10H2,1H3,(H2,24,28). The van der Waals surface area contributed by atoms with Gasteiger partial charge in [-0.05, 0) is 29.2 Å². The molecule has 2 aromatic heterocycles. The highest BCUT2D eigenvalue weighted by atomic mass is 16.3. The lowest BCUT2D eigenvalue weighted by atomic mass is 9.99. The summed E-state index contributed by atoms with van der Waals surface area (Å²) in [5, 5.41) is 10.3. The van der Waals surface area contributed by atoms with E-state index in [9.17, 15) is 14.7 Å². The number of amides is 1. The highest BCUT2D eigenvalue weighted by molar-refractivity contribution is 6.00. The quantitative estimate of drug-likeness (QED) is 0.564. The Morgan fingerprint density at radius 3 is 2.48 bits per heavy atom. The first-order valence-electron chi connectivity index (χ1n) is 9.10. The molecule has 0 aliphatic carbocycles. The van der Waals surface area contributed by atoms with E-state index in [4.69, 9.17) is 5.73 Å². The number of aryl methyl sites for hydroxylation is 1. The van der Waals surface area contributed by atoms with Crippen molar-refractivity contribution < 1.29 is 9.90 Å². The second-order valence-corrected chi connectivity index (χ2v) is 6.91. The van der Waals surface area contributed by atoms with Crippen molar-refractivity contribution in [1.29, 1.82) is 0 Å². The van der Waals surface area contributed by atoms with Gasteiger partial charge in [0, 0.05) is 18.8 Å². The molecule has 0 unspecified atom stereocenters. The molecule has 2 heterocycles. The van der Waals surface area contributed by atoms with Crippen LogP contribution >= 0.6 is 0 Å². The number of nitrogens with zero attached hydrogens (tertiary/aromatic N) is 2. The van der Waals surface area contributed by atoms with Gasteiger partial charge in [-0.15, -0.1) is 0 Å². The molecule has 0 aliphatic rings. The molecule has 6 heteroatoms. The predicted octanol–water partition coefficient (Wildman–Crippen LogP) is 3.00. The Bertz CT molecular complexity index is 1290. The van der Waals surface area contributed by atoms with Crippen LogP contribution in [0.1, 0.15) is 21.5 Å². The number of fused-ring (bicyclic) bond motifs is 1. The van der Waals surface area contributed by atoms with Crippen LogP contribution in [0.15, 0.2) is 71.7 Å². The molecule has 0 atom stereocenters. The van der Waals surface area contributed by atoms with Crippen molar-refractivity contribution in [2.24, 2.45) is 12.8 Å². The minimum atomic E-state index is -0.982. The normalized spacial score (nSPS) is 10.9. The lowest BCUT2D eigenvalue weighted by molar-refractivity contribution is 0.0996. The molecule has 0 fully saturated rings.